The summed E-state index contributed by atoms with van der Waals surface area (Å²) in [6, 6.07) is 7.96. The first-order valence-electron chi connectivity index (χ1n) is 5.86. The molecule has 3 nitrogen and oxygen atoms in total. The molecular formula is C13H19NO2. The summed E-state index contributed by atoms with van der Waals surface area (Å²) in [6.07, 6.45) is 2.31. The molecule has 0 amide bonds. The molecule has 2 unspecified atom stereocenters. The molecule has 16 heavy (non-hydrogen) atoms. The van der Waals surface area contributed by atoms with Gasteiger partial charge < -0.3 is 15.2 Å². The maximum absolute atomic E-state index is 5.94. The number of hydrogen-bond acceptors (Lipinski definition) is 3. The van der Waals surface area contributed by atoms with Crippen molar-refractivity contribution >= 4 is 0 Å². The minimum absolute atomic E-state index is 0.000656. The lowest BCUT2D eigenvalue weighted by atomic mass is 10.1. The predicted molar refractivity (Wildman–Crippen MR) is 63.5 cm³/mol. The van der Waals surface area contributed by atoms with Crippen molar-refractivity contribution in [3.05, 3.63) is 29.8 Å². The topological polar surface area (TPSA) is 44.5 Å². The quantitative estimate of drug-likeness (QED) is 0.851. The molecule has 0 radical (unpaired) electrons. The number of hydrogen-bond donors (Lipinski definition) is 1. The lowest BCUT2D eigenvalue weighted by Gasteiger charge is -2.25. The Kier molecular flexibility index (Phi) is 3.80. The molecule has 88 valence electrons. The summed E-state index contributed by atoms with van der Waals surface area (Å²) in [4.78, 5) is 0. The molecule has 1 aliphatic rings. The molecule has 0 spiro atoms. The standard InChI is InChI=1S/C13H19NO2/c1-10(14)12-6-2-3-7-13(12)16-11-5-4-8-15-9-11/h2-3,6-7,10-11H,4-5,8-9,14H2,1H3. The second-order valence-corrected chi connectivity index (χ2v) is 4.28. The lowest BCUT2D eigenvalue weighted by molar-refractivity contribution is 0.00694. The fraction of sp³-hybridized carbons (Fsp3) is 0.538. The Hall–Kier alpha value is -1.06. The number of benzene rings is 1. The average Bonchev–Trinajstić information content (AvgIpc) is 2.31. The second kappa shape index (κ2) is 5.32. The summed E-state index contributed by atoms with van der Waals surface area (Å²) in [7, 11) is 0. The number of ether oxygens (including phenoxy) is 2. The van der Waals surface area contributed by atoms with Gasteiger partial charge in [-0.15, -0.1) is 0 Å². The zero-order chi connectivity index (χ0) is 11.4. The zero-order valence-corrected chi connectivity index (χ0v) is 9.69. The maximum atomic E-state index is 5.94. The molecule has 2 rings (SSSR count). The van der Waals surface area contributed by atoms with Crippen LogP contribution in [0.4, 0.5) is 0 Å². The minimum Gasteiger partial charge on any atom is -0.488 e. The Morgan fingerprint density at radius 3 is 2.94 bits per heavy atom. The lowest BCUT2D eigenvalue weighted by Crippen LogP contribution is -2.28. The van der Waals surface area contributed by atoms with Gasteiger partial charge in [-0.25, -0.2) is 0 Å². The van der Waals surface area contributed by atoms with Crippen LogP contribution in [0.25, 0.3) is 0 Å². The van der Waals surface area contributed by atoms with E-state index in [1.807, 2.05) is 31.2 Å². The molecule has 0 aliphatic carbocycles. The van der Waals surface area contributed by atoms with E-state index in [2.05, 4.69) is 0 Å². The fourth-order valence-electron chi connectivity index (χ4n) is 1.95. The predicted octanol–water partition coefficient (Wildman–Crippen LogP) is 2.26. The van der Waals surface area contributed by atoms with Crippen molar-refractivity contribution in [1.82, 2.24) is 0 Å². The molecular weight excluding hydrogens is 202 g/mol. The normalized spacial score (nSPS) is 22.8. The van der Waals surface area contributed by atoms with E-state index in [1.54, 1.807) is 0 Å². The Morgan fingerprint density at radius 1 is 1.44 bits per heavy atom. The molecule has 0 saturated carbocycles. The molecule has 0 aromatic heterocycles. The van der Waals surface area contributed by atoms with Gasteiger partial charge in [0.05, 0.1) is 6.61 Å². The Labute approximate surface area is 96.5 Å². The van der Waals surface area contributed by atoms with Gasteiger partial charge in [0.2, 0.25) is 0 Å². The molecule has 1 fully saturated rings. The van der Waals surface area contributed by atoms with Crippen LogP contribution in [0, 0.1) is 0 Å². The number of nitrogens with two attached hydrogens (primary N) is 1. The van der Waals surface area contributed by atoms with E-state index in [1.165, 1.54) is 0 Å². The van der Waals surface area contributed by atoms with Crippen molar-refractivity contribution in [1.29, 1.82) is 0 Å². The van der Waals surface area contributed by atoms with E-state index in [4.69, 9.17) is 15.2 Å². The Morgan fingerprint density at radius 2 is 2.25 bits per heavy atom. The summed E-state index contributed by atoms with van der Waals surface area (Å²) in [5.41, 5.74) is 6.97. The van der Waals surface area contributed by atoms with E-state index in [0.717, 1.165) is 30.8 Å². The van der Waals surface area contributed by atoms with Gasteiger partial charge in [-0.3, -0.25) is 0 Å². The molecule has 2 N–H and O–H groups in total. The monoisotopic (exact) mass is 221 g/mol. The smallest absolute Gasteiger partial charge is 0.124 e. The van der Waals surface area contributed by atoms with E-state index in [0.29, 0.717) is 6.61 Å². The first-order chi connectivity index (χ1) is 7.77. The largest absolute Gasteiger partial charge is 0.488 e. The summed E-state index contributed by atoms with van der Waals surface area (Å²) < 4.78 is 11.3. The van der Waals surface area contributed by atoms with Crippen LogP contribution in [-0.2, 0) is 4.74 Å². The molecule has 1 aromatic carbocycles. The highest BCUT2D eigenvalue weighted by Crippen LogP contribution is 2.25. The van der Waals surface area contributed by atoms with Gasteiger partial charge in [-0.05, 0) is 25.8 Å². The van der Waals surface area contributed by atoms with Crippen LogP contribution >= 0.6 is 0 Å². The van der Waals surface area contributed by atoms with Crippen molar-refractivity contribution < 1.29 is 9.47 Å². The van der Waals surface area contributed by atoms with Crippen LogP contribution in [0.1, 0.15) is 31.4 Å². The third-order valence-corrected chi connectivity index (χ3v) is 2.82. The maximum Gasteiger partial charge on any atom is 0.124 e. The van der Waals surface area contributed by atoms with Gasteiger partial charge in [0, 0.05) is 18.2 Å². The highest BCUT2D eigenvalue weighted by molar-refractivity contribution is 5.35. The van der Waals surface area contributed by atoms with Gasteiger partial charge in [0.15, 0.2) is 0 Å². The van der Waals surface area contributed by atoms with Crippen molar-refractivity contribution in [2.24, 2.45) is 5.73 Å². The first-order valence-corrected chi connectivity index (χ1v) is 5.86. The van der Waals surface area contributed by atoms with Gasteiger partial charge in [0.1, 0.15) is 11.9 Å². The van der Waals surface area contributed by atoms with Gasteiger partial charge in [-0.2, -0.15) is 0 Å². The van der Waals surface area contributed by atoms with Crippen molar-refractivity contribution in [3.8, 4) is 5.75 Å². The van der Waals surface area contributed by atoms with Crippen LogP contribution in [-0.4, -0.2) is 19.3 Å². The first kappa shape index (κ1) is 11.4. The van der Waals surface area contributed by atoms with Gasteiger partial charge in [-0.1, -0.05) is 18.2 Å². The van der Waals surface area contributed by atoms with Gasteiger partial charge >= 0.3 is 0 Å². The third-order valence-electron chi connectivity index (χ3n) is 2.82. The highest BCUT2D eigenvalue weighted by atomic mass is 16.5. The van der Waals surface area contributed by atoms with Crippen molar-refractivity contribution in [3.63, 3.8) is 0 Å². The average molecular weight is 221 g/mol. The van der Waals surface area contributed by atoms with Crippen LogP contribution < -0.4 is 10.5 Å². The van der Waals surface area contributed by atoms with Crippen molar-refractivity contribution in [2.75, 3.05) is 13.2 Å². The van der Waals surface area contributed by atoms with E-state index in [-0.39, 0.29) is 12.1 Å². The zero-order valence-electron chi connectivity index (χ0n) is 9.69. The summed E-state index contributed by atoms with van der Waals surface area (Å²) >= 11 is 0. The van der Waals surface area contributed by atoms with Crippen molar-refractivity contribution in [2.45, 2.75) is 31.9 Å². The summed E-state index contributed by atoms with van der Waals surface area (Å²) in [5, 5.41) is 0. The molecule has 0 bridgehead atoms. The number of para-hydroxylation sites is 1. The number of rotatable bonds is 3. The third kappa shape index (κ3) is 2.74. The van der Waals surface area contributed by atoms with Crippen LogP contribution in [0.2, 0.25) is 0 Å². The molecule has 1 aliphatic heterocycles. The highest BCUT2D eigenvalue weighted by Gasteiger charge is 2.17. The summed E-state index contributed by atoms with van der Waals surface area (Å²) in [5.74, 6) is 0.896. The van der Waals surface area contributed by atoms with Crippen LogP contribution in [0.15, 0.2) is 24.3 Å². The molecule has 2 atom stereocenters. The van der Waals surface area contributed by atoms with Crippen LogP contribution in [0.3, 0.4) is 0 Å². The molecule has 1 saturated heterocycles. The fourth-order valence-corrected chi connectivity index (χ4v) is 1.95. The molecule has 3 heteroatoms. The van der Waals surface area contributed by atoms with Gasteiger partial charge in [0.25, 0.3) is 0 Å². The Bertz CT molecular complexity index is 332. The van der Waals surface area contributed by atoms with Crippen LogP contribution in [0.5, 0.6) is 5.75 Å². The Balaban J connectivity index is 2.07. The van der Waals surface area contributed by atoms with E-state index >= 15 is 0 Å². The molecule has 1 aromatic rings. The SMILES string of the molecule is CC(N)c1ccccc1OC1CCCOC1. The minimum atomic E-state index is 0.000656. The molecule has 1 heterocycles. The summed E-state index contributed by atoms with van der Waals surface area (Å²) in [6.45, 7) is 3.52. The van der Waals surface area contributed by atoms with E-state index in [9.17, 15) is 0 Å². The second-order valence-electron chi connectivity index (χ2n) is 4.28. The van der Waals surface area contributed by atoms with E-state index < -0.39 is 0 Å².